The second-order valence-corrected chi connectivity index (χ2v) is 2.18. The van der Waals surface area contributed by atoms with E-state index in [0.29, 0.717) is 0 Å². The van der Waals surface area contributed by atoms with Gasteiger partial charge in [0.2, 0.25) is 11.1 Å². The number of hydrogen-bond acceptors (Lipinski definition) is 3. The highest BCUT2D eigenvalue weighted by atomic mass is 35.5. The van der Waals surface area contributed by atoms with E-state index >= 15 is 0 Å². The van der Waals surface area contributed by atoms with Gasteiger partial charge in [0, 0.05) is 0 Å². The standard InChI is InChI=1S/C4H2Cl2FN3/c5-2-1(7)3(8)10-4(6)9-2/h(H2,8,9,10). The number of aromatic nitrogens is 2. The summed E-state index contributed by atoms with van der Waals surface area (Å²) >= 11 is 10.5. The zero-order valence-electron chi connectivity index (χ0n) is 4.61. The lowest BCUT2D eigenvalue weighted by molar-refractivity contribution is 0.620. The van der Waals surface area contributed by atoms with E-state index < -0.39 is 5.82 Å². The lowest BCUT2D eigenvalue weighted by atomic mass is 10.6. The molecule has 0 saturated carbocycles. The molecule has 0 saturated heterocycles. The van der Waals surface area contributed by atoms with E-state index in [0.717, 1.165) is 0 Å². The van der Waals surface area contributed by atoms with Gasteiger partial charge in [-0.05, 0) is 11.6 Å². The van der Waals surface area contributed by atoms with Crippen LogP contribution in [0.15, 0.2) is 0 Å². The van der Waals surface area contributed by atoms with Crippen molar-refractivity contribution in [2.24, 2.45) is 0 Å². The van der Waals surface area contributed by atoms with Gasteiger partial charge in [0.1, 0.15) is 0 Å². The lowest BCUT2D eigenvalue weighted by Crippen LogP contribution is -1.98. The van der Waals surface area contributed by atoms with Crippen molar-refractivity contribution in [3.05, 3.63) is 16.3 Å². The molecule has 1 aromatic heterocycles. The number of anilines is 1. The fraction of sp³-hybridized carbons (Fsp3) is 0. The predicted octanol–water partition coefficient (Wildman–Crippen LogP) is 1.50. The van der Waals surface area contributed by atoms with Crippen LogP contribution in [0.3, 0.4) is 0 Å². The lowest BCUT2D eigenvalue weighted by Gasteiger charge is -1.95. The van der Waals surface area contributed by atoms with Crippen molar-refractivity contribution in [3.8, 4) is 0 Å². The summed E-state index contributed by atoms with van der Waals surface area (Å²) in [5.41, 5.74) is 5.03. The number of rotatable bonds is 0. The minimum atomic E-state index is -0.842. The third kappa shape index (κ3) is 1.27. The molecule has 3 nitrogen and oxygen atoms in total. The maximum absolute atomic E-state index is 12.5. The third-order valence-electron chi connectivity index (χ3n) is 0.809. The number of nitrogen functional groups attached to an aromatic ring is 1. The fourth-order valence-corrected chi connectivity index (χ4v) is 0.805. The van der Waals surface area contributed by atoms with E-state index in [9.17, 15) is 4.39 Å². The van der Waals surface area contributed by atoms with Gasteiger partial charge in [-0.1, -0.05) is 11.6 Å². The molecule has 0 amide bonds. The van der Waals surface area contributed by atoms with E-state index in [1.807, 2.05) is 0 Å². The first-order valence-corrected chi connectivity index (χ1v) is 3.01. The van der Waals surface area contributed by atoms with Gasteiger partial charge in [0.25, 0.3) is 0 Å². The Balaban J connectivity index is 3.31. The maximum atomic E-state index is 12.5. The van der Waals surface area contributed by atoms with Crippen molar-refractivity contribution in [1.29, 1.82) is 0 Å². The number of hydrogen-bond donors (Lipinski definition) is 1. The number of nitrogens with two attached hydrogens (primary N) is 1. The van der Waals surface area contributed by atoms with Gasteiger partial charge >= 0.3 is 0 Å². The Bertz CT molecular complexity index is 242. The van der Waals surface area contributed by atoms with Crippen LogP contribution in [0.4, 0.5) is 10.2 Å². The Labute approximate surface area is 66.0 Å². The van der Waals surface area contributed by atoms with E-state index in [-0.39, 0.29) is 16.3 Å². The first-order valence-electron chi connectivity index (χ1n) is 2.25. The highest BCUT2D eigenvalue weighted by Crippen LogP contribution is 2.17. The van der Waals surface area contributed by atoms with Crippen LogP contribution >= 0.6 is 23.2 Å². The predicted molar refractivity (Wildman–Crippen MR) is 36.4 cm³/mol. The van der Waals surface area contributed by atoms with Gasteiger partial charge in [-0.3, -0.25) is 0 Å². The van der Waals surface area contributed by atoms with Gasteiger partial charge in [0.05, 0.1) is 0 Å². The van der Waals surface area contributed by atoms with E-state index in [4.69, 9.17) is 28.9 Å². The van der Waals surface area contributed by atoms with Crippen molar-refractivity contribution in [2.75, 3.05) is 5.73 Å². The summed E-state index contributed by atoms with van der Waals surface area (Å²) < 4.78 is 12.5. The number of halogens is 3. The number of nitrogens with zero attached hydrogens (tertiary/aromatic N) is 2. The Morgan fingerprint density at radius 3 is 2.40 bits per heavy atom. The van der Waals surface area contributed by atoms with Gasteiger partial charge in [-0.2, -0.15) is 9.37 Å². The summed E-state index contributed by atoms with van der Waals surface area (Å²) in [6, 6.07) is 0. The molecule has 0 unspecified atom stereocenters. The molecule has 0 aliphatic carbocycles. The second kappa shape index (κ2) is 2.56. The zero-order valence-corrected chi connectivity index (χ0v) is 6.12. The van der Waals surface area contributed by atoms with Crippen molar-refractivity contribution < 1.29 is 4.39 Å². The Morgan fingerprint density at radius 1 is 1.30 bits per heavy atom. The summed E-state index contributed by atoms with van der Waals surface area (Å²) in [5, 5.41) is -0.526. The largest absolute Gasteiger partial charge is 0.381 e. The van der Waals surface area contributed by atoms with Crippen molar-refractivity contribution in [1.82, 2.24) is 9.97 Å². The highest BCUT2D eigenvalue weighted by Gasteiger charge is 2.07. The van der Waals surface area contributed by atoms with E-state index in [2.05, 4.69) is 9.97 Å². The molecule has 0 aliphatic heterocycles. The molecule has 1 rings (SSSR count). The molecule has 0 spiro atoms. The van der Waals surface area contributed by atoms with Gasteiger partial charge in [-0.15, -0.1) is 0 Å². The van der Waals surface area contributed by atoms with Crippen LogP contribution in [0.2, 0.25) is 10.4 Å². The van der Waals surface area contributed by atoms with E-state index in [1.165, 1.54) is 0 Å². The average molecular weight is 182 g/mol. The molecule has 1 heterocycles. The van der Waals surface area contributed by atoms with Crippen LogP contribution in [0.5, 0.6) is 0 Å². The van der Waals surface area contributed by atoms with E-state index in [1.54, 1.807) is 0 Å². The third-order valence-corrected chi connectivity index (χ3v) is 1.23. The van der Waals surface area contributed by atoms with Crippen LogP contribution in [0, 0.1) is 5.82 Å². The molecule has 6 heteroatoms. The molecule has 1 aromatic rings. The minimum absolute atomic E-state index is 0.163. The van der Waals surface area contributed by atoms with Crippen molar-refractivity contribution >= 4 is 29.0 Å². The highest BCUT2D eigenvalue weighted by molar-refractivity contribution is 6.32. The summed E-state index contributed by atoms with van der Waals surface area (Å²) in [6.45, 7) is 0. The maximum Gasteiger partial charge on any atom is 0.225 e. The molecule has 0 fully saturated rings. The molecule has 0 radical (unpaired) electrons. The SMILES string of the molecule is Nc1nc(Cl)nc(Cl)c1F. The van der Waals surface area contributed by atoms with Crippen molar-refractivity contribution in [2.45, 2.75) is 0 Å². The van der Waals surface area contributed by atoms with Crippen LogP contribution in [0.1, 0.15) is 0 Å². The van der Waals surface area contributed by atoms with Crippen LogP contribution < -0.4 is 5.73 Å². The summed E-state index contributed by atoms with van der Waals surface area (Å²) in [5.74, 6) is -1.18. The molecule has 2 N–H and O–H groups in total. The molecule has 0 aliphatic rings. The minimum Gasteiger partial charge on any atom is -0.381 e. The topological polar surface area (TPSA) is 51.8 Å². The first-order chi connectivity index (χ1) is 4.61. The molecule has 54 valence electrons. The Hall–Kier alpha value is -0.610. The molecular weight excluding hydrogens is 180 g/mol. The average Bonchev–Trinajstić information content (AvgIpc) is 1.82. The smallest absolute Gasteiger partial charge is 0.225 e. The molecule has 10 heavy (non-hydrogen) atoms. The summed E-state index contributed by atoms with van der Waals surface area (Å²) in [7, 11) is 0. The molecule has 0 atom stereocenters. The monoisotopic (exact) mass is 181 g/mol. The quantitative estimate of drug-likeness (QED) is 0.488. The van der Waals surface area contributed by atoms with Crippen LogP contribution in [0.25, 0.3) is 0 Å². The fourth-order valence-electron chi connectivity index (χ4n) is 0.409. The van der Waals surface area contributed by atoms with Crippen LogP contribution in [-0.2, 0) is 0 Å². The van der Waals surface area contributed by atoms with Gasteiger partial charge in [0.15, 0.2) is 11.0 Å². The zero-order chi connectivity index (χ0) is 7.72. The first kappa shape index (κ1) is 7.50. The Kier molecular flexibility index (Phi) is 1.92. The molecule has 0 aromatic carbocycles. The summed E-state index contributed by atoms with van der Waals surface area (Å²) in [6.07, 6.45) is 0. The molecule has 0 bridgehead atoms. The second-order valence-electron chi connectivity index (χ2n) is 1.48. The molecular formula is C4H2Cl2FN3. The normalized spacial score (nSPS) is 9.90. The van der Waals surface area contributed by atoms with Crippen molar-refractivity contribution in [3.63, 3.8) is 0 Å². The summed E-state index contributed by atoms with van der Waals surface area (Å²) in [4.78, 5) is 6.61. The Morgan fingerprint density at radius 2 is 1.90 bits per heavy atom. The van der Waals surface area contributed by atoms with Gasteiger partial charge < -0.3 is 5.73 Å². The van der Waals surface area contributed by atoms with Gasteiger partial charge in [-0.25, -0.2) is 4.98 Å². The van der Waals surface area contributed by atoms with Crippen LogP contribution in [-0.4, -0.2) is 9.97 Å².